The van der Waals surface area contributed by atoms with Crippen LogP contribution in [-0.4, -0.2) is 43.5 Å². The van der Waals surface area contributed by atoms with E-state index in [-0.39, 0.29) is 13.2 Å². The molecular formula is C10H17NO5. The molecule has 0 bridgehead atoms. The number of carboxylic acid groups (broad SMARTS) is 1. The Balaban J connectivity index is 2.51. The van der Waals surface area contributed by atoms with Crippen molar-refractivity contribution in [2.24, 2.45) is 5.41 Å². The maximum absolute atomic E-state index is 11.2. The van der Waals surface area contributed by atoms with E-state index in [9.17, 15) is 14.7 Å². The topological polar surface area (TPSA) is 84.9 Å². The third-order valence-corrected chi connectivity index (χ3v) is 2.75. The Kier molecular flexibility index (Phi) is 4.54. The van der Waals surface area contributed by atoms with Gasteiger partial charge in [0.2, 0.25) is 0 Å². The highest BCUT2D eigenvalue weighted by atomic mass is 16.5. The van der Waals surface area contributed by atoms with E-state index < -0.39 is 17.5 Å². The first-order valence-corrected chi connectivity index (χ1v) is 5.32. The molecule has 1 aliphatic heterocycles. The first-order chi connectivity index (χ1) is 7.60. The van der Waals surface area contributed by atoms with Crippen molar-refractivity contribution in [1.29, 1.82) is 0 Å². The second-order valence-electron chi connectivity index (χ2n) is 3.77. The van der Waals surface area contributed by atoms with Crippen molar-refractivity contribution in [3.63, 3.8) is 0 Å². The molecule has 1 fully saturated rings. The molecule has 0 aliphatic carbocycles. The lowest BCUT2D eigenvalue weighted by molar-refractivity contribution is -0.154. The van der Waals surface area contributed by atoms with Gasteiger partial charge in [0.25, 0.3) is 0 Å². The van der Waals surface area contributed by atoms with Gasteiger partial charge in [-0.2, -0.15) is 0 Å². The summed E-state index contributed by atoms with van der Waals surface area (Å²) < 4.78 is 9.81. The summed E-state index contributed by atoms with van der Waals surface area (Å²) in [6.45, 7) is 2.88. The molecule has 1 rings (SSSR count). The normalized spacial score (nSPS) is 18.8. The molecule has 0 saturated carbocycles. The molecule has 0 atom stereocenters. The molecular weight excluding hydrogens is 214 g/mol. The minimum Gasteiger partial charge on any atom is -0.481 e. The summed E-state index contributed by atoms with van der Waals surface area (Å²) in [5.41, 5.74) is -0.912. The summed E-state index contributed by atoms with van der Waals surface area (Å²) in [6, 6.07) is 0. The Hall–Kier alpha value is -1.30. The lowest BCUT2D eigenvalue weighted by atomic mass is 9.80. The predicted molar refractivity (Wildman–Crippen MR) is 55.1 cm³/mol. The fourth-order valence-corrected chi connectivity index (χ4v) is 1.65. The van der Waals surface area contributed by atoms with Crippen LogP contribution in [0.5, 0.6) is 0 Å². The van der Waals surface area contributed by atoms with Gasteiger partial charge in [-0.3, -0.25) is 4.79 Å². The number of alkyl carbamates (subject to hydrolysis) is 1. The molecule has 6 nitrogen and oxygen atoms in total. The van der Waals surface area contributed by atoms with E-state index in [0.29, 0.717) is 26.1 Å². The van der Waals surface area contributed by atoms with Crippen molar-refractivity contribution in [2.75, 3.05) is 26.4 Å². The minimum absolute atomic E-state index is 0.0878. The standard InChI is InChI=1S/C10H17NO5/c1-2-16-9(14)11-7-10(8(12)13)3-5-15-6-4-10/h2-7H2,1H3,(H,11,14)(H,12,13). The summed E-state index contributed by atoms with van der Waals surface area (Å²) in [4.78, 5) is 22.3. The highest BCUT2D eigenvalue weighted by Gasteiger charge is 2.40. The second kappa shape index (κ2) is 5.69. The Morgan fingerprint density at radius 3 is 2.56 bits per heavy atom. The summed E-state index contributed by atoms with van der Waals surface area (Å²) in [7, 11) is 0. The maximum Gasteiger partial charge on any atom is 0.407 e. The number of carbonyl (C=O) groups is 2. The average molecular weight is 231 g/mol. The molecule has 1 aliphatic rings. The van der Waals surface area contributed by atoms with Crippen molar-refractivity contribution in [3.8, 4) is 0 Å². The molecule has 1 saturated heterocycles. The van der Waals surface area contributed by atoms with Crippen molar-refractivity contribution < 1.29 is 24.2 Å². The molecule has 0 aromatic rings. The van der Waals surface area contributed by atoms with E-state index in [0.717, 1.165) is 0 Å². The van der Waals surface area contributed by atoms with Gasteiger partial charge in [-0.25, -0.2) is 4.79 Å². The number of rotatable bonds is 4. The number of carboxylic acids is 1. The third-order valence-electron chi connectivity index (χ3n) is 2.75. The van der Waals surface area contributed by atoms with Crippen molar-refractivity contribution in [2.45, 2.75) is 19.8 Å². The molecule has 0 radical (unpaired) electrons. The predicted octanol–water partition coefficient (Wildman–Crippen LogP) is 0.614. The highest BCUT2D eigenvalue weighted by Crippen LogP contribution is 2.30. The van der Waals surface area contributed by atoms with Gasteiger partial charge >= 0.3 is 12.1 Å². The van der Waals surface area contributed by atoms with Crippen LogP contribution in [0, 0.1) is 5.41 Å². The average Bonchev–Trinajstić information content (AvgIpc) is 2.28. The number of aliphatic carboxylic acids is 1. The van der Waals surface area contributed by atoms with E-state index in [1.165, 1.54) is 0 Å². The number of carbonyl (C=O) groups excluding carboxylic acids is 1. The van der Waals surface area contributed by atoms with Crippen LogP contribution in [-0.2, 0) is 14.3 Å². The van der Waals surface area contributed by atoms with Gasteiger partial charge in [-0.05, 0) is 19.8 Å². The largest absolute Gasteiger partial charge is 0.481 e. The monoisotopic (exact) mass is 231 g/mol. The fraction of sp³-hybridized carbons (Fsp3) is 0.800. The van der Waals surface area contributed by atoms with E-state index in [2.05, 4.69) is 10.1 Å². The van der Waals surface area contributed by atoms with Gasteiger partial charge in [0, 0.05) is 19.8 Å². The number of amides is 1. The molecule has 0 spiro atoms. The molecule has 6 heteroatoms. The number of nitrogens with one attached hydrogen (secondary N) is 1. The Morgan fingerprint density at radius 2 is 2.06 bits per heavy atom. The summed E-state index contributed by atoms with van der Waals surface area (Å²) in [5.74, 6) is -0.896. The van der Waals surface area contributed by atoms with Crippen LogP contribution >= 0.6 is 0 Å². The highest BCUT2D eigenvalue weighted by molar-refractivity contribution is 5.76. The van der Waals surface area contributed by atoms with Gasteiger partial charge in [0.05, 0.1) is 12.0 Å². The Morgan fingerprint density at radius 1 is 1.44 bits per heavy atom. The first-order valence-electron chi connectivity index (χ1n) is 5.32. The zero-order valence-corrected chi connectivity index (χ0v) is 9.32. The molecule has 0 unspecified atom stereocenters. The second-order valence-corrected chi connectivity index (χ2v) is 3.77. The van der Waals surface area contributed by atoms with Crippen molar-refractivity contribution in [3.05, 3.63) is 0 Å². The maximum atomic E-state index is 11.2. The first kappa shape index (κ1) is 12.8. The lowest BCUT2D eigenvalue weighted by Gasteiger charge is -2.32. The van der Waals surface area contributed by atoms with E-state index in [1.54, 1.807) is 6.92 Å². The minimum atomic E-state index is -0.912. The molecule has 16 heavy (non-hydrogen) atoms. The SMILES string of the molecule is CCOC(=O)NCC1(C(=O)O)CCOCC1. The van der Waals surface area contributed by atoms with E-state index >= 15 is 0 Å². The fourth-order valence-electron chi connectivity index (χ4n) is 1.65. The van der Waals surface area contributed by atoms with Crippen LogP contribution in [0.3, 0.4) is 0 Å². The summed E-state index contributed by atoms with van der Waals surface area (Å²) in [6.07, 6.45) is 0.248. The van der Waals surface area contributed by atoms with Gasteiger partial charge in [0.1, 0.15) is 0 Å². The van der Waals surface area contributed by atoms with Gasteiger partial charge < -0.3 is 19.9 Å². The van der Waals surface area contributed by atoms with Crippen LogP contribution in [0.1, 0.15) is 19.8 Å². The van der Waals surface area contributed by atoms with Crippen LogP contribution in [0.25, 0.3) is 0 Å². The number of ether oxygens (including phenoxy) is 2. The van der Waals surface area contributed by atoms with E-state index in [4.69, 9.17) is 4.74 Å². The van der Waals surface area contributed by atoms with Gasteiger partial charge in [-0.1, -0.05) is 0 Å². The van der Waals surface area contributed by atoms with Crippen LogP contribution in [0.15, 0.2) is 0 Å². The number of hydrogen-bond acceptors (Lipinski definition) is 4. The van der Waals surface area contributed by atoms with Crippen LogP contribution < -0.4 is 5.32 Å². The molecule has 92 valence electrons. The quantitative estimate of drug-likeness (QED) is 0.740. The van der Waals surface area contributed by atoms with E-state index in [1.807, 2.05) is 0 Å². The zero-order valence-electron chi connectivity index (χ0n) is 9.32. The van der Waals surface area contributed by atoms with Gasteiger partial charge in [-0.15, -0.1) is 0 Å². The molecule has 0 aromatic carbocycles. The molecule has 0 aromatic heterocycles. The molecule has 2 N–H and O–H groups in total. The zero-order chi connectivity index (χ0) is 12.0. The van der Waals surface area contributed by atoms with Crippen molar-refractivity contribution in [1.82, 2.24) is 5.32 Å². The molecule has 1 heterocycles. The molecule has 1 amide bonds. The van der Waals surface area contributed by atoms with Crippen molar-refractivity contribution >= 4 is 12.1 Å². The number of hydrogen-bond donors (Lipinski definition) is 2. The van der Waals surface area contributed by atoms with Gasteiger partial charge in [0.15, 0.2) is 0 Å². The third kappa shape index (κ3) is 3.10. The Bertz CT molecular complexity index is 260. The summed E-state index contributed by atoms with van der Waals surface area (Å²) in [5, 5.41) is 11.7. The smallest absolute Gasteiger partial charge is 0.407 e. The lowest BCUT2D eigenvalue weighted by Crippen LogP contribution is -2.46. The van der Waals surface area contributed by atoms with Crippen LogP contribution in [0.2, 0.25) is 0 Å². The van der Waals surface area contributed by atoms with Crippen LogP contribution in [0.4, 0.5) is 4.79 Å². The summed E-state index contributed by atoms with van der Waals surface area (Å²) >= 11 is 0. The Labute approximate surface area is 93.9 Å².